The highest BCUT2D eigenvalue weighted by atomic mass is 32.2. The Morgan fingerprint density at radius 3 is 2.24 bits per heavy atom. The number of sulfone groups is 1. The van der Waals surface area contributed by atoms with E-state index in [0.29, 0.717) is 0 Å². The zero-order valence-electron chi connectivity index (χ0n) is 9.43. The summed E-state index contributed by atoms with van der Waals surface area (Å²) in [4.78, 5) is 0. The van der Waals surface area contributed by atoms with E-state index in [9.17, 15) is 8.42 Å². The van der Waals surface area contributed by atoms with Gasteiger partial charge in [-0.15, -0.1) is 0 Å². The van der Waals surface area contributed by atoms with Gasteiger partial charge in [-0.3, -0.25) is 0 Å². The van der Waals surface area contributed by atoms with E-state index in [1.807, 2.05) is 24.3 Å². The van der Waals surface area contributed by atoms with Crippen molar-refractivity contribution < 1.29 is 13.2 Å². The maximum atomic E-state index is 11.0. The zero-order valence-corrected chi connectivity index (χ0v) is 10.2. The second-order valence-corrected chi connectivity index (χ2v) is 7.15. The third kappa shape index (κ3) is 2.17. The molecule has 0 amide bonds. The molecular weight excluding hydrogens is 238 g/mol. The summed E-state index contributed by atoms with van der Waals surface area (Å²) in [6.45, 7) is 0. The van der Waals surface area contributed by atoms with Crippen LogP contribution in [0.25, 0.3) is 0 Å². The van der Waals surface area contributed by atoms with Gasteiger partial charge in [0.25, 0.3) is 0 Å². The maximum absolute atomic E-state index is 11.0. The first kappa shape index (κ1) is 11.0. The van der Waals surface area contributed by atoms with E-state index < -0.39 is 9.84 Å². The highest BCUT2D eigenvalue weighted by Gasteiger charge is 2.40. The van der Waals surface area contributed by atoms with E-state index in [2.05, 4.69) is 0 Å². The van der Waals surface area contributed by atoms with Crippen LogP contribution >= 0.6 is 0 Å². The van der Waals surface area contributed by atoms with Gasteiger partial charge in [0, 0.05) is 5.54 Å². The molecule has 17 heavy (non-hydrogen) atoms. The van der Waals surface area contributed by atoms with Crippen LogP contribution in [-0.2, 0) is 15.4 Å². The number of rotatable bonds is 3. The van der Waals surface area contributed by atoms with E-state index in [0.717, 1.165) is 24.2 Å². The summed E-state index contributed by atoms with van der Waals surface area (Å²) >= 11 is 0. The number of hydrogen-bond donors (Lipinski definition) is 1. The average molecular weight is 253 g/mol. The molecule has 1 aliphatic carbocycles. The maximum Gasteiger partial charge on any atom is 0.157 e. The third-order valence-corrected chi connectivity index (χ3v) is 5.16. The van der Waals surface area contributed by atoms with E-state index in [1.165, 1.54) is 0 Å². The van der Waals surface area contributed by atoms with E-state index in [4.69, 9.17) is 10.5 Å². The van der Waals surface area contributed by atoms with Gasteiger partial charge in [0.2, 0.25) is 0 Å². The molecule has 5 heteroatoms. The van der Waals surface area contributed by atoms with Crippen LogP contribution in [0.15, 0.2) is 24.3 Å². The van der Waals surface area contributed by atoms with Crippen molar-refractivity contribution in [1.29, 1.82) is 0 Å². The predicted octanol–water partition coefficient (Wildman–Crippen LogP) is 0.810. The molecule has 2 aliphatic rings. The molecule has 1 aromatic rings. The van der Waals surface area contributed by atoms with E-state index in [1.54, 1.807) is 0 Å². The zero-order chi connectivity index (χ0) is 12.1. The lowest BCUT2D eigenvalue weighted by Crippen LogP contribution is -2.45. The molecule has 0 spiro atoms. The molecule has 1 heterocycles. The summed E-state index contributed by atoms with van der Waals surface area (Å²) in [6.07, 6.45) is 1.89. The Hall–Kier alpha value is -1.07. The molecule has 0 atom stereocenters. The minimum absolute atomic E-state index is 0.127. The lowest BCUT2D eigenvalue weighted by molar-refractivity contribution is 0.230. The molecule has 2 fully saturated rings. The lowest BCUT2D eigenvalue weighted by atomic mass is 10.1. The third-order valence-electron chi connectivity index (χ3n) is 3.40. The van der Waals surface area contributed by atoms with Crippen molar-refractivity contribution in [2.45, 2.75) is 24.5 Å². The van der Waals surface area contributed by atoms with Crippen LogP contribution in [0.5, 0.6) is 5.75 Å². The standard InChI is InChI=1S/C12H15NO3S/c13-12(5-6-12)9-1-3-10(4-2-9)16-11-7-17(14,15)8-11/h1-4,11H,5-8,13H2. The van der Waals surface area contributed by atoms with Crippen molar-refractivity contribution in [3.05, 3.63) is 29.8 Å². The van der Waals surface area contributed by atoms with Crippen molar-refractivity contribution in [3.63, 3.8) is 0 Å². The second-order valence-electron chi connectivity index (χ2n) is 5.00. The number of ether oxygens (including phenoxy) is 1. The fourth-order valence-electron chi connectivity index (χ4n) is 2.07. The Bertz CT molecular complexity index is 519. The molecule has 1 saturated carbocycles. The predicted molar refractivity (Wildman–Crippen MR) is 64.6 cm³/mol. The van der Waals surface area contributed by atoms with Crippen molar-refractivity contribution in [3.8, 4) is 5.75 Å². The van der Waals surface area contributed by atoms with Gasteiger partial charge >= 0.3 is 0 Å². The minimum atomic E-state index is -2.82. The monoisotopic (exact) mass is 253 g/mol. The normalized spacial score (nSPS) is 25.0. The molecule has 0 aromatic heterocycles. The van der Waals surface area contributed by atoms with Crippen molar-refractivity contribution in [1.82, 2.24) is 0 Å². The van der Waals surface area contributed by atoms with Crippen molar-refractivity contribution in [2.75, 3.05) is 11.5 Å². The van der Waals surface area contributed by atoms with Gasteiger partial charge in [-0.05, 0) is 30.5 Å². The SMILES string of the molecule is NC1(c2ccc(OC3CS(=O)(=O)C3)cc2)CC1. The smallest absolute Gasteiger partial charge is 0.157 e. The topological polar surface area (TPSA) is 69.4 Å². The Kier molecular flexibility index (Phi) is 2.25. The van der Waals surface area contributed by atoms with Gasteiger partial charge in [-0.2, -0.15) is 0 Å². The molecule has 92 valence electrons. The van der Waals surface area contributed by atoms with E-state index in [-0.39, 0.29) is 23.1 Å². The molecule has 1 saturated heterocycles. The van der Waals surface area contributed by atoms with Gasteiger partial charge in [-0.25, -0.2) is 8.42 Å². The van der Waals surface area contributed by atoms with Crippen LogP contribution in [0.1, 0.15) is 18.4 Å². The van der Waals surface area contributed by atoms with Crippen LogP contribution in [0, 0.1) is 0 Å². The highest BCUT2D eigenvalue weighted by molar-refractivity contribution is 7.92. The van der Waals surface area contributed by atoms with Crippen molar-refractivity contribution >= 4 is 9.84 Å². The highest BCUT2D eigenvalue weighted by Crippen LogP contribution is 2.42. The van der Waals surface area contributed by atoms with Crippen molar-refractivity contribution in [2.24, 2.45) is 5.73 Å². The molecule has 0 unspecified atom stereocenters. The Labute approximate surface area is 101 Å². The van der Waals surface area contributed by atoms with Crippen LogP contribution in [0.3, 0.4) is 0 Å². The van der Waals surface area contributed by atoms with Crippen LogP contribution in [0.2, 0.25) is 0 Å². The molecule has 1 aliphatic heterocycles. The molecule has 1 aromatic carbocycles. The number of benzene rings is 1. The van der Waals surface area contributed by atoms with Crippen LogP contribution < -0.4 is 10.5 Å². The fraction of sp³-hybridized carbons (Fsp3) is 0.500. The van der Waals surface area contributed by atoms with Gasteiger partial charge in [0.05, 0.1) is 11.5 Å². The molecule has 2 N–H and O–H groups in total. The van der Waals surface area contributed by atoms with Crippen LogP contribution in [0.4, 0.5) is 0 Å². The molecule has 4 nitrogen and oxygen atoms in total. The molecular formula is C12H15NO3S. The number of nitrogens with two attached hydrogens (primary N) is 1. The minimum Gasteiger partial charge on any atom is -0.488 e. The van der Waals surface area contributed by atoms with Crippen LogP contribution in [-0.4, -0.2) is 26.0 Å². The van der Waals surface area contributed by atoms with Gasteiger partial charge in [-0.1, -0.05) is 12.1 Å². The van der Waals surface area contributed by atoms with Gasteiger partial charge < -0.3 is 10.5 Å². The first-order valence-electron chi connectivity index (χ1n) is 5.73. The lowest BCUT2D eigenvalue weighted by Gasteiger charge is -2.26. The second kappa shape index (κ2) is 3.46. The Morgan fingerprint density at radius 2 is 1.76 bits per heavy atom. The molecule has 3 rings (SSSR count). The summed E-state index contributed by atoms with van der Waals surface area (Å²) in [5.74, 6) is 0.989. The van der Waals surface area contributed by atoms with Gasteiger partial charge in [0.15, 0.2) is 9.84 Å². The first-order valence-corrected chi connectivity index (χ1v) is 7.56. The first-order chi connectivity index (χ1) is 7.97. The molecule has 0 radical (unpaired) electrons. The van der Waals surface area contributed by atoms with Gasteiger partial charge in [0.1, 0.15) is 11.9 Å². The summed E-state index contributed by atoms with van der Waals surface area (Å²) in [5, 5.41) is 0. The average Bonchev–Trinajstić information content (AvgIpc) is 2.96. The Balaban J connectivity index is 1.65. The summed E-state index contributed by atoms with van der Waals surface area (Å²) in [7, 11) is -2.82. The fourth-order valence-corrected chi connectivity index (χ4v) is 3.24. The largest absolute Gasteiger partial charge is 0.488 e. The molecule has 0 bridgehead atoms. The quantitative estimate of drug-likeness (QED) is 0.865. The summed E-state index contributed by atoms with van der Waals surface area (Å²) < 4.78 is 27.5. The summed E-state index contributed by atoms with van der Waals surface area (Å²) in [5.41, 5.74) is 7.08. The number of hydrogen-bond acceptors (Lipinski definition) is 4. The van der Waals surface area contributed by atoms with E-state index >= 15 is 0 Å². The summed E-state index contributed by atoms with van der Waals surface area (Å²) in [6, 6.07) is 7.67. The Morgan fingerprint density at radius 1 is 1.18 bits per heavy atom.